The Morgan fingerprint density at radius 3 is 2.24 bits per heavy atom. The van der Waals surface area contributed by atoms with Crippen LogP contribution in [0.15, 0.2) is 77.7 Å². The van der Waals surface area contributed by atoms with Crippen LogP contribution in [0.2, 0.25) is 0 Å². The third-order valence-corrected chi connectivity index (χ3v) is 10.7. The van der Waals surface area contributed by atoms with Crippen LogP contribution in [0, 0.1) is 0 Å². The van der Waals surface area contributed by atoms with Gasteiger partial charge in [0.05, 0.1) is 42.1 Å². The quantitative estimate of drug-likeness (QED) is 0.298. The number of anilines is 1. The number of benzene rings is 3. The molecule has 5 rings (SSSR count). The number of nitrogens with one attached hydrogen (secondary N) is 1. The summed E-state index contributed by atoms with van der Waals surface area (Å²) in [7, 11) is -3.37. The van der Waals surface area contributed by atoms with E-state index in [1.165, 1.54) is 12.1 Å². The third-order valence-electron chi connectivity index (χ3n) is 8.98. The number of nitrogens with zero attached hydrogens (tertiary/aromatic N) is 2. The number of carbonyl (C=O) groups is 1. The van der Waals surface area contributed by atoms with Gasteiger partial charge in [0.15, 0.2) is 9.84 Å². The fourth-order valence-corrected chi connectivity index (χ4v) is 7.09. The maximum absolute atomic E-state index is 13.2. The van der Waals surface area contributed by atoms with E-state index >= 15 is 0 Å². The van der Waals surface area contributed by atoms with Crippen molar-refractivity contribution in [1.29, 1.82) is 0 Å². The largest absolute Gasteiger partial charge is 0.416 e. The average molecular weight is 660 g/mol. The number of sulfone groups is 1. The van der Waals surface area contributed by atoms with Crippen molar-refractivity contribution in [3.05, 3.63) is 95.1 Å². The molecule has 0 saturated carbocycles. The van der Waals surface area contributed by atoms with Crippen LogP contribution in [-0.4, -0.2) is 82.1 Å². The summed E-state index contributed by atoms with van der Waals surface area (Å²) in [6.07, 6.45) is -2.70. The Balaban J connectivity index is 1.29. The molecule has 8 nitrogen and oxygen atoms in total. The normalized spacial score (nSPS) is 20.1. The minimum atomic E-state index is -4.38. The van der Waals surface area contributed by atoms with Crippen molar-refractivity contribution in [1.82, 2.24) is 10.2 Å². The lowest BCUT2D eigenvalue weighted by Crippen LogP contribution is -2.39. The smallest absolute Gasteiger partial charge is 0.394 e. The van der Waals surface area contributed by atoms with Gasteiger partial charge in [-0.25, -0.2) is 8.42 Å². The van der Waals surface area contributed by atoms with Crippen molar-refractivity contribution in [3.8, 4) is 0 Å². The van der Waals surface area contributed by atoms with E-state index in [1.807, 2.05) is 12.1 Å². The molecule has 248 valence electrons. The minimum absolute atomic E-state index is 0.0235. The first kappa shape index (κ1) is 33.9. The highest BCUT2D eigenvalue weighted by molar-refractivity contribution is 7.91. The lowest BCUT2D eigenvalue weighted by atomic mass is 9.94. The molecule has 0 spiro atoms. The summed E-state index contributed by atoms with van der Waals surface area (Å²) in [6, 6.07) is 18.2. The molecular formula is C34H40F3N3O5S. The number of alkyl halides is 3. The van der Waals surface area contributed by atoms with Gasteiger partial charge in [-0.3, -0.25) is 9.69 Å². The number of aliphatic hydroxyl groups excluding tert-OH is 1. The lowest BCUT2D eigenvalue weighted by molar-refractivity contribution is -0.137. The molecule has 2 N–H and O–H groups in total. The van der Waals surface area contributed by atoms with E-state index in [2.05, 4.69) is 15.1 Å². The zero-order valence-corrected chi connectivity index (χ0v) is 26.6. The summed E-state index contributed by atoms with van der Waals surface area (Å²) < 4.78 is 69.3. The number of rotatable bonds is 11. The molecule has 1 amide bonds. The number of halogens is 3. The van der Waals surface area contributed by atoms with Crippen LogP contribution < -0.4 is 10.2 Å². The van der Waals surface area contributed by atoms with Crippen molar-refractivity contribution in [2.45, 2.75) is 48.8 Å². The van der Waals surface area contributed by atoms with E-state index in [4.69, 9.17) is 4.74 Å². The second-order valence-electron chi connectivity index (χ2n) is 11.8. The van der Waals surface area contributed by atoms with Gasteiger partial charge >= 0.3 is 6.18 Å². The number of carbonyl (C=O) groups excluding carboxylic acids is 1. The molecular weight excluding hydrogens is 619 g/mol. The van der Waals surface area contributed by atoms with Crippen LogP contribution in [0.4, 0.5) is 18.9 Å². The van der Waals surface area contributed by atoms with E-state index in [-0.39, 0.29) is 35.1 Å². The van der Waals surface area contributed by atoms with E-state index < -0.39 is 27.6 Å². The highest BCUT2D eigenvalue weighted by Crippen LogP contribution is 2.38. The fourth-order valence-electron chi connectivity index (χ4n) is 6.20. The van der Waals surface area contributed by atoms with Crippen molar-refractivity contribution in [2.75, 3.05) is 56.7 Å². The zero-order valence-electron chi connectivity index (χ0n) is 25.7. The molecule has 2 fully saturated rings. The van der Waals surface area contributed by atoms with E-state index in [0.29, 0.717) is 30.9 Å². The molecule has 2 saturated heterocycles. The molecule has 0 radical (unpaired) electrons. The van der Waals surface area contributed by atoms with Crippen LogP contribution in [0.1, 0.15) is 58.8 Å². The summed E-state index contributed by atoms with van der Waals surface area (Å²) in [5.74, 6) is -0.350. The topological polar surface area (TPSA) is 99.2 Å². The number of aliphatic hydroxyl groups is 1. The molecule has 3 atom stereocenters. The third kappa shape index (κ3) is 8.09. The van der Waals surface area contributed by atoms with Gasteiger partial charge in [-0.2, -0.15) is 13.2 Å². The Bertz CT molecular complexity index is 1560. The second kappa shape index (κ2) is 14.5. The molecule has 0 aliphatic carbocycles. The molecule has 1 unspecified atom stereocenters. The summed E-state index contributed by atoms with van der Waals surface area (Å²) in [6.45, 7) is 5.88. The number of hydrogen-bond acceptors (Lipinski definition) is 7. The van der Waals surface area contributed by atoms with Gasteiger partial charge < -0.3 is 20.1 Å². The average Bonchev–Trinajstić information content (AvgIpc) is 3.50. The summed E-state index contributed by atoms with van der Waals surface area (Å²) in [5, 5.41) is 12.8. The molecule has 2 heterocycles. The predicted molar refractivity (Wildman–Crippen MR) is 170 cm³/mol. The van der Waals surface area contributed by atoms with Crippen molar-refractivity contribution < 1.29 is 36.2 Å². The number of amides is 1. The number of ether oxygens (including phenoxy) is 1. The molecule has 12 heteroatoms. The Morgan fingerprint density at radius 2 is 1.65 bits per heavy atom. The van der Waals surface area contributed by atoms with Gasteiger partial charge in [0.25, 0.3) is 5.91 Å². The van der Waals surface area contributed by atoms with Gasteiger partial charge in [0, 0.05) is 49.4 Å². The molecule has 2 aliphatic rings. The van der Waals surface area contributed by atoms with Gasteiger partial charge in [-0.15, -0.1) is 0 Å². The van der Waals surface area contributed by atoms with E-state index in [1.54, 1.807) is 43.3 Å². The van der Waals surface area contributed by atoms with Crippen LogP contribution in [0.3, 0.4) is 0 Å². The van der Waals surface area contributed by atoms with E-state index in [0.717, 1.165) is 55.9 Å². The molecule has 2 aliphatic heterocycles. The highest BCUT2D eigenvalue weighted by atomic mass is 32.2. The molecule has 46 heavy (non-hydrogen) atoms. The summed E-state index contributed by atoms with van der Waals surface area (Å²) >= 11 is 0. The Morgan fingerprint density at radius 1 is 1.00 bits per heavy atom. The minimum Gasteiger partial charge on any atom is -0.394 e. The van der Waals surface area contributed by atoms with Crippen molar-refractivity contribution >= 4 is 21.4 Å². The summed E-state index contributed by atoms with van der Waals surface area (Å²) in [5.41, 5.74) is 2.11. The first-order valence-corrected chi connectivity index (χ1v) is 17.2. The molecule has 0 bridgehead atoms. The Hall–Kier alpha value is -3.45. The highest BCUT2D eigenvalue weighted by Gasteiger charge is 2.35. The SMILES string of the molecule is CCS(=O)(=O)c1ccc([C@H](CO)NC(=O)c2ccc(N3CC(c4ccc(C(F)(F)F)cc4)C[C@H]3CCN3CCOCC3)cc2)cc1. The lowest BCUT2D eigenvalue weighted by Gasteiger charge is -2.31. The van der Waals surface area contributed by atoms with Crippen LogP contribution in [0.5, 0.6) is 0 Å². The second-order valence-corrected chi connectivity index (χ2v) is 14.1. The standard InChI is InChI=1S/C34H40F3N3O5S/c1-2-46(43,44)31-13-7-25(8-14-31)32(23-41)38-33(42)26-5-11-29(12-6-26)40-22-27(24-3-9-28(10-4-24)34(35,36)37)21-30(40)15-16-39-17-19-45-20-18-39/h3-14,27,30,32,41H,2,15-23H2,1H3,(H,38,42)/t27?,30-,32+/m1/s1. The Labute approximate surface area is 268 Å². The first-order valence-electron chi connectivity index (χ1n) is 15.6. The van der Waals surface area contributed by atoms with Gasteiger partial charge in [-0.05, 0) is 72.5 Å². The van der Waals surface area contributed by atoms with Gasteiger partial charge in [0.1, 0.15) is 0 Å². The van der Waals surface area contributed by atoms with Crippen LogP contribution in [0.25, 0.3) is 0 Å². The van der Waals surface area contributed by atoms with Crippen molar-refractivity contribution in [2.24, 2.45) is 0 Å². The van der Waals surface area contributed by atoms with Crippen LogP contribution >= 0.6 is 0 Å². The molecule has 0 aromatic heterocycles. The fraction of sp³-hybridized carbons (Fsp3) is 0.441. The molecule has 3 aromatic rings. The van der Waals surface area contributed by atoms with Gasteiger partial charge in [0.2, 0.25) is 0 Å². The maximum Gasteiger partial charge on any atom is 0.416 e. The number of morpholine rings is 1. The molecule has 3 aromatic carbocycles. The monoisotopic (exact) mass is 659 g/mol. The zero-order chi connectivity index (χ0) is 32.9. The van der Waals surface area contributed by atoms with Crippen LogP contribution in [-0.2, 0) is 20.8 Å². The van der Waals surface area contributed by atoms with Crippen molar-refractivity contribution in [3.63, 3.8) is 0 Å². The van der Waals surface area contributed by atoms with Gasteiger partial charge in [-0.1, -0.05) is 31.2 Å². The number of hydrogen-bond donors (Lipinski definition) is 2. The first-order chi connectivity index (χ1) is 22.0. The summed E-state index contributed by atoms with van der Waals surface area (Å²) in [4.78, 5) is 18.0. The van der Waals surface area contributed by atoms with E-state index in [9.17, 15) is 31.5 Å². The Kier molecular flexibility index (Phi) is 10.7. The predicted octanol–water partition coefficient (Wildman–Crippen LogP) is 5.05. The maximum atomic E-state index is 13.2.